The summed E-state index contributed by atoms with van der Waals surface area (Å²) in [5.41, 5.74) is 3.41. The molecule has 1 N–H and O–H groups in total. The Labute approximate surface area is 160 Å². The van der Waals surface area contributed by atoms with Gasteiger partial charge in [-0.15, -0.1) is 0 Å². The van der Waals surface area contributed by atoms with Crippen LogP contribution in [0, 0.1) is 13.8 Å². The van der Waals surface area contributed by atoms with Gasteiger partial charge in [0.05, 0.1) is 17.0 Å². The summed E-state index contributed by atoms with van der Waals surface area (Å²) in [6, 6.07) is 6.41. The van der Waals surface area contributed by atoms with Crippen molar-refractivity contribution in [2.24, 2.45) is 7.05 Å². The van der Waals surface area contributed by atoms with Gasteiger partial charge in [-0.3, -0.25) is 14.6 Å². The number of rotatable bonds is 4. The second kappa shape index (κ2) is 7.14. The standard InChI is InChI=1S/C19H20F3N5O/c1-11-17(12(2)27(4)25-11)15-9-16(24-23-15)18(28)26(3)10-13-5-7-14(8-6-13)19(20,21)22/h5-9H,10H2,1-4H3,(H,23,24). The Kier molecular flexibility index (Phi) is 5.01. The molecule has 2 aromatic heterocycles. The zero-order chi connectivity index (χ0) is 20.6. The van der Waals surface area contributed by atoms with Gasteiger partial charge in [0.15, 0.2) is 0 Å². The van der Waals surface area contributed by atoms with E-state index in [1.54, 1.807) is 17.8 Å². The summed E-state index contributed by atoms with van der Waals surface area (Å²) < 4.78 is 39.7. The fourth-order valence-corrected chi connectivity index (χ4v) is 3.05. The van der Waals surface area contributed by atoms with E-state index in [-0.39, 0.29) is 12.5 Å². The molecule has 0 atom stereocenters. The Bertz CT molecular complexity index is 1000. The van der Waals surface area contributed by atoms with Crippen molar-refractivity contribution in [1.82, 2.24) is 24.9 Å². The van der Waals surface area contributed by atoms with E-state index in [4.69, 9.17) is 0 Å². The van der Waals surface area contributed by atoms with Crippen molar-refractivity contribution >= 4 is 5.91 Å². The lowest BCUT2D eigenvalue weighted by atomic mass is 10.1. The molecular formula is C19H20F3N5O. The largest absolute Gasteiger partial charge is 0.416 e. The van der Waals surface area contributed by atoms with E-state index >= 15 is 0 Å². The maximum absolute atomic E-state index is 12.7. The minimum absolute atomic E-state index is 0.177. The molecule has 1 aromatic carbocycles. The predicted octanol–water partition coefficient (Wildman–Crippen LogP) is 3.72. The molecule has 28 heavy (non-hydrogen) atoms. The quantitative estimate of drug-likeness (QED) is 0.737. The van der Waals surface area contributed by atoms with E-state index in [0.717, 1.165) is 29.1 Å². The lowest BCUT2D eigenvalue weighted by Crippen LogP contribution is -2.26. The summed E-state index contributed by atoms with van der Waals surface area (Å²) in [5, 5.41) is 11.3. The molecule has 0 unspecified atom stereocenters. The van der Waals surface area contributed by atoms with Crippen molar-refractivity contribution in [3.05, 3.63) is 58.5 Å². The molecule has 0 saturated carbocycles. The number of aryl methyl sites for hydroxylation is 2. The van der Waals surface area contributed by atoms with Gasteiger partial charge in [0.25, 0.3) is 5.91 Å². The molecule has 2 heterocycles. The van der Waals surface area contributed by atoms with Crippen LogP contribution in [0.5, 0.6) is 0 Å². The molecule has 9 heteroatoms. The molecule has 0 aliphatic rings. The van der Waals surface area contributed by atoms with Crippen LogP contribution in [0.2, 0.25) is 0 Å². The van der Waals surface area contributed by atoms with Gasteiger partial charge in [-0.2, -0.15) is 23.4 Å². The molecule has 0 saturated heterocycles. The number of hydrogen-bond donors (Lipinski definition) is 1. The number of alkyl halides is 3. The number of benzene rings is 1. The third-order valence-electron chi connectivity index (χ3n) is 4.62. The number of carbonyl (C=O) groups excluding carboxylic acids is 1. The van der Waals surface area contributed by atoms with Crippen molar-refractivity contribution in [2.75, 3.05) is 7.05 Å². The van der Waals surface area contributed by atoms with Gasteiger partial charge in [-0.1, -0.05) is 12.1 Å². The maximum Gasteiger partial charge on any atom is 0.416 e. The zero-order valence-corrected chi connectivity index (χ0v) is 15.9. The Morgan fingerprint density at radius 2 is 1.86 bits per heavy atom. The first kappa shape index (κ1) is 19.7. The van der Waals surface area contributed by atoms with Crippen LogP contribution in [0.4, 0.5) is 13.2 Å². The van der Waals surface area contributed by atoms with Gasteiger partial charge in [0, 0.05) is 31.9 Å². The second-order valence-electron chi connectivity index (χ2n) is 6.69. The van der Waals surface area contributed by atoms with Crippen molar-refractivity contribution < 1.29 is 18.0 Å². The second-order valence-corrected chi connectivity index (χ2v) is 6.69. The topological polar surface area (TPSA) is 66.8 Å². The van der Waals surface area contributed by atoms with Gasteiger partial charge in [0.2, 0.25) is 0 Å². The highest BCUT2D eigenvalue weighted by Gasteiger charge is 2.30. The molecular weight excluding hydrogens is 371 g/mol. The molecule has 3 rings (SSSR count). The van der Waals surface area contributed by atoms with Gasteiger partial charge >= 0.3 is 6.18 Å². The fraction of sp³-hybridized carbons (Fsp3) is 0.316. The Morgan fingerprint density at radius 3 is 2.39 bits per heavy atom. The van der Waals surface area contributed by atoms with Gasteiger partial charge in [-0.05, 0) is 37.6 Å². The van der Waals surface area contributed by atoms with Crippen LogP contribution in [-0.2, 0) is 19.8 Å². The summed E-state index contributed by atoms with van der Waals surface area (Å²) >= 11 is 0. The average molecular weight is 391 g/mol. The molecule has 3 aromatic rings. The third-order valence-corrected chi connectivity index (χ3v) is 4.62. The molecule has 6 nitrogen and oxygen atoms in total. The minimum atomic E-state index is -4.38. The van der Waals surface area contributed by atoms with Gasteiger partial charge in [-0.25, -0.2) is 0 Å². The number of hydrogen-bond acceptors (Lipinski definition) is 3. The molecule has 0 aliphatic carbocycles. The molecule has 0 radical (unpaired) electrons. The normalized spacial score (nSPS) is 11.7. The van der Waals surface area contributed by atoms with E-state index in [2.05, 4.69) is 15.3 Å². The Morgan fingerprint density at radius 1 is 1.21 bits per heavy atom. The number of aromatic nitrogens is 4. The number of amides is 1. The number of H-pyrrole nitrogens is 1. The molecule has 0 bridgehead atoms. The minimum Gasteiger partial charge on any atom is -0.336 e. The summed E-state index contributed by atoms with van der Waals surface area (Å²) in [7, 11) is 3.42. The first-order valence-electron chi connectivity index (χ1n) is 8.55. The maximum atomic E-state index is 12.7. The molecule has 0 fully saturated rings. The summed E-state index contributed by atoms with van der Waals surface area (Å²) in [5.74, 6) is -0.308. The highest BCUT2D eigenvalue weighted by atomic mass is 19.4. The van der Waals surface area contributed by atoms with E-state index in [9.17, 15) is 18.0 Å². The van der Waals surface area contributed by atoms with Crippen molar-refractivity contribution in [2.45, 2.75) is 26.6 Å². The number of nitrogens with zero attached hydrogens (tertiary/aromatic N) is 4. The SMILES string of the molecule is Cc1nn(C)c(C)c1-c1cc(C(=O)N(C)Cc2ccc(C(F)(F)F)cc2)[nH]n1. The van der Waals surface area contributed by atoms with Crippen LogP contribution < -0.4 is 0 Å². The lowest BCUT2D eigenvalue weighted by molar-refractivity contribution is -0.137. The summed E-state index contributed by atoms with van der Waals surface area (Å²) in [6.45, 7) is 3.97. The fourth-order valence-electron chi connectivity index (χ4n) is 3.05. The molecule has 148 valence electrons. The molecule has 0 aliphatic heterocycles. The van der Waals surface area contributed by atoms with Crippen LogP contribution >= 0.6 is 0 Å². The first-order valence-corrected chi connectivity index (χ1v) is 8.55. The van der Waals surface area contributed by atoms with Crippen LogP contribution in [0.1, 0.15) is 33.0 Å². The lowest BCUT2D eigenvalue weighted by Gasteiger charge is -2.16. The number of aromatic amines is 1. The number of nitrogens with one attached hydrogen (secondary N) is 1. The summed E-state index contributed by atoms with van der Waals surface area (Å²) in [4.78, 5) is 14.1. The van der Waals surface area contributed by atoms with Crippen molar-refractivity contribution in [3.8, 4) is 11.3 Å². The highest BCUT2D eigenvalue weighted by molar-refractivity contribution is 5.93. The van der Waals surface area contributed by atoms with E-state index < -0.39 is 11.7 Å². The van der Waals surface area contributed by atoms with E-state index in [1.807, 2.05) is 20.9 Å². The zero-order valence-electron chi connectivity index (χ0n) is 15.9. The molecule has 0 spiro atoms. The highest BCUT2D eigenvalue weighted by Crippen LogP contribution is 2.29. The van der Waals surface area contributed by atoms with Gasteiger partial charge in [0.1, 0.15) is 5.69 Å². The third kappa shape index (κ3) is 3.78. The van der Waals surface area contributed by atoms with Crippen LogP contribution in [0.25, 0.3) is 11.3 Å². The van der Waals surface area contributed by atoms with Crippen molar-refractivity contribution in [3.63, 3.8) is 0 Å². The Balaban J connectivity index is 1.75. The van der Waals surface area contributed by atoms with Gasteiger partial charge < -0.3 is 4.90 Å². The molecule has 1 amide bonds. The number of halogens is 3. The van der Waals surface area contributed by atoms with Crippen LogP contribution in [0.3, 0.4) is 0 Å². The smallest absolute Gasteiger partial charge is 0.336 e. The predicted molar refractivity (Wildman–Crippen MR) is 97.5 cm³/mol. The monoisotopic (exact) mass is 391 g/mol. The van der Waals surface area contributed by atoms with Crippen LogP contribution in [-0.4, -0.2) is 37.8 Å². The van der Waals surface area contributed by atoms with Crippen molar-refractivity contribution in [1.29, 1.82) is 0 Å². The van der Waals surface area contributed by atoms with E-state index in [0.29, 0.717) is 17.0 Å². The Hall–Kier alpha value is -3.10. The first-order chi connectivity index (χ1) is 13.1. The number of carbonyl (C=O) groups is 1. The van der Waals surface area contributed by atoms with E-state index in [1.165, 1.54) is 17.0 Å². The van der Waals surface area contributed by atoms with Crippen LogP contribution in [0.15, 0.2) is 30.3 Å². The summed E-state index contributed by atoms with van der Waals surface area (Å²) in [6.07, 6.45) is -4.38. The average Bonchev–Trinajstić information content (AvgIpc) is 3.18.